The van der Waals surface area contributed by atoms with Gasteiger partial charge in [0.05, 0.1) is 17.4 Å². The number of pyridine rings is 1. The summed E-state index contributed by atoms with van der Waals surface area (Å²) < 4.78 is 77.5. The van der Waals surface area contributed by atoms with E-state index in [0.29, 0.717) is 21.4 Å². The molecule has 2 amide bonds. The van der Waals surface area contributed by atoms with Crippen LogP contribution in [0.15, 0.2) is 61.3 Å². The number of ether oxygens (including phenoxy) is 1. The summed E-state index contributed by atoms with van der Waals surface area (Å²) in [7, 11) is 0. The van der Waals surface area contributed by atoms with Crippen LogP contribution in [0, 0.1) is 5.82 Å². The highest BCUT2D eigenvalue weighted by Crippen LogP contribution is 2.40. The number of amides is 2. The van der Waals surface area contributed by atoms with Crippen LogP contribution in [-0.4, -0.2) is 66.6 Å². The lowest BCUT2D eigenvalue weighted by Gasteiger charge is -2.39. The lowest BCUT2D eigenvalue weighted by atomic mass is 10.0. The van der Waals surface area contributed by atoms with Crippen molar-refractivity contribution in [3.63, 3.8) is 0 Å². The fourth-order valence-corrected chi connectivity index (χ4v) is 5.73. The predicted octanol–water partition coefficient (Wildman–Crippen LogP) is 5.54. The van der Waals surface area contributed by atoms with Crippen molar-refractivity contribution in [2.75, 3.05) is 19.6 Å². The largest absolute Gasteiger partial charge is 0.377 e. The Bertz CT molecular complexity index is 1770. The van der Waals surface area contributed by atoms with Gasteiger partial charge in [-0.15, -0.1) is 0 Å². The maximum atomic E-state index is 15.0. The first-order chi connectivity index (χ1) is 19.1. The Morgan fingerprint density at radius 2 is 1.75 bits per heavy atom. The molecule has 5 aromatic rings. The molecule has 4 aromatic heterocycles. The fourth-order valence-electron chi connectivity index (χ4n) is 5.73. The standard InChI is InChI=1S/C27H21F5N6O2/c28-17-7-16-12-36(25(39)37-14-26(29,30)40-27(31,32)15-37)6-5-35-13-21(18(8-17)24(16)35)19-9-33-10-20(19)22-11-34-23-3-1-2-4-38(22)23/h1-4,7-11,13,33H,5-6,12,14-15H2. The summed E-state index contributed by atoms with van der Waals surface area (Å²) in [4.78, 5) is 22.3. The summed E-state index contributed by atoms with van der Waals surface area (Å²) in [6, 6.07) is 7.38. The number of morpholine rings is 1. The van der Waals surface area contributed by atoms with Gasteiger partial charge in [0, 0.05) is 66.5 Å². The molecule has 0 radical (unpaired) electrons. The Balaban J connectivity index is 1.27. The maximum Gasteiger partial charge on any atom is 0.377 e. The molecule has 1 aromatic carbocycles. The summed E-state index contributed by atoms with van der Waals surface area (Å²) in [6.07, 6.45) is 0.805. The Hall–Kier alpha value is -4.39. The third-order valence-electron chi connectivity index (χ3n) is 7.31. The van der Waals surface area contributed by atoms with Crippen molar-refractivity contribution in [1.82, 2.24) is 28.7 Å². The number of fused-ring (bicyclic) bond motifs is 1. The van der Waals surface area contributed by atoms with Gasteiger partial charge in [0.1, 0.15) is 24.6 Å². The van der Waals surface area contributed by atoms with Crippen molar-refractivity contribution in [2.24, 2.45) is 0 Å². The zero-order chi connectivity index (χ0) is 27.8. The number of nitrogens with one attached hydrogen (secondary N) is 1. The number of urea groups is 1. The molecule has 40 heavy (non-hydrogen) atoms. The number of halogens is 5. The molecule has 1 saturated heterocycles. The van der Waals surface area contributed by atoms with Crippen molar-refractivity contribution in [3.05, 3.63) is 72.7 Å². The van der Waals surface area contributed by atoms with Crippen LogP contribution in [0.4, 0.5) is 26.7 Å². The molecule has 206 valence electrons. The van der Waals surface area contributed by atoms with Crippen LogP contribution in [0.5, 0.6) is 0 Å². The number of H-pyrrole nitrogens is 1. The predicted molar refractivity (Wildman–Crippen MR) is 134 cm³/mol. The second-order valence-corrected chi connectivity index (χ2v) is 9.99. The third-order valence-corrected chi connectivity index (χ3v) is 7.31. The van der Waals surface area contributed by atoms with Gasteiger partial charge in [-0.2, -0.15) is 17.6 Å². The Morgan fingerprint density at radius 3 is 2.55 bits per heavy atom. The highest BCUT2D eigenvalue weighted by molar-refractivity contribution is 6.01. The van der Waals surface area contributed by atoms with E-state index in [1.807, 2.05) is 52.0 Å². The van der Waals surface area contributed by atoms with Crippen LogP contribution >= 0.6 is 0 Å². The molecule has 1 N–H and O–H groups in total. The van der Waals surface area contributed by atoms with E-state index in [1.165, 1.54) is 17.0 Å². The molecule has 6 heterocycles. The Labute approximate surface area is 223 Å². The number of imidazole rings is 1. The molecule has 0 spiro atoms. The quantitative estimate of drug-likeness (QED) is 0.290. The average Bonchev–Trinajstić information content (AvgIpc) is 3.57. The molecular weight excluding hydrogens is 535 g/mol. The molecule has 13 heteroatoms. The summed E-state index contributed by atoms with van der Waals surface area (Å²) in [5.41, 5.74) is 5.15. The SMILES string of the molecule is O=C(N1CCn2cc(-c3c[nH]cc3-c3cnc4ccccn34)c3cc(F)cc(c32)C1)N1CC(F)(F)OC(F)(F)C1. The van der Waals surface area contributed by atoms with Crippen molar-refractivity contribution >= 4 is 22.6 Å². The first kappa shape index (κ1) is 24.6. The van der Waals surface area contributed by atoms with E-state index in [-0.39, 0.29) is 19.6 Å². The van der Waals surface area contributed by atoms with Gasteiger partial charge < -0.3 is 19.4 Å². The van der Waals surface area contributed by atoms with E-state index in [0.717, 1.165) is 28.0 Å². The van der Waals surface area contributed by atoms with Gasteiger partial charge in [0.2, 0.25) is 0 Å². The lowest BCUT2D eigenvalue weighted by molar-refractivity contribution is -0.400. The number of alkyl halides is 4. The number of aromatic amines is 1. The first-order valence-corrected chi connectivity index (χ1v) is 12.5. The molecule has 0 bridgehead atoms. The van der Waals surface area contributed by atoms with Crippen molar-refractivity contribution in [1.29, 1.82) is 0 Å². The van der Waals surface area contributed by atoms with Crippen LogP contribution in [-0.2, 0) is 17.8 Å². The fraction of sp³-hybridized carbons (Fsp3) is 0.259. The van der Waals surface area contributed by atoms with Gasteiger partial charge in [-0.3, -0.25) is 9.14 Å². The zero-order valence-electron chi connectivity index (χ0n) is 20.8. The lowest BCUT2D eigenvalue weighted by Crippen LogP contribution is -2.59. The number of hydrogen-bond acceptors (Lipinski definition) is 3. The topological polar surface area (TPSA) is 70.8 Å². The van der Waals surface area contributed by atoms with Gasteiger partial charge >= 0.3 is 18.2 Å². The maximum absolute atomic E-state index is 15.0. The number of carbonyl (C=O) groups is 1. The molecule has 0 atom stereocenters. The minimum Gasteiger partial charge on any atom is -0.366 e. The third kappa shape index (κ3) is 3.99. The number of nitrogens with zero attached hydrogens (tertiary/aromatic N) is 5. The smallest absolute Gasteiger partial charge is 0.366 e. The average molecular weight is 556 g/mol. The minimum absolute atomic E-state index is 0.0418. The molecule has 8 nitrogen and oxygen atoms in total. The summed E-state index contributed by atoms with van der Waals surface area (Å²) in [5.74, 6) is -0.549. The molecule has 2 aliphatic heterocycles. The van der Waals surface area contributed by atoms with Crippen molar-refractivity contribution in [2.45, 2.75) is 25.3 Å². The van der Waals surface area contributed by atoms with Gasteiger partial charge in [-0.05, 0) is 29.8 Å². The number of carbonyl (C=O) groups excluding carboxylic acids is 1. The normalized spacial score (nSPS) is 18.4. The highest BCUT2D eigenvalue weighted by Gasteiger charge is 2.53. The van der Waals surface area contributed by atoms with Crippen LogP contribution in [0.3, 0.4) is 0 Å². The minimum atomic E-state index is -4.19. The van der Waals surface area contributed by atoms with E-state index in [1.54, 1.807) is 6.20 Å². The van der Waals surface area contributed by atoms with Gasteiger partial charge in [0.15, 0.2) is 0 Å². The number of rotatable bonds is 2. The van der Waals surface area contributed by atoms with E-state index in [2.05, 4.69) is 14.7 Å². The first-order valence-electron chi connectivity index (χ1n) is 12.5. The van der Waals surface area contributed by atoms with Crippen LogP contribution in [0.1, 0.15) is 5.56 Å². The number of aromatic nitrogens is 4. The number of hydrogen-bond donors (Lipinski definition) is 1. The van der Waals surface area contributed by atoms with Gasteiger partial charge in [-0.1, -0.05) is 6.07 Å². The highest BCUT2D eigenvalue weighted by atomic mass is 19.3. The summed E-state index contributed by atoms with van der Waals surface area (Å²) in [5, 5.41) is 0.600. The van der Waals surface area contributed by atoms with E-state index < -0.39 is 37.2 Å². The molecular formula is C27H21F5N6O2. The second kappa shape index (κ2) is 8.55. The Kier molecular flexibility index (Phi) is 5.27. The van der Waals surface area contributed by atoms with Gasteiger partial charge in [0.25, 0.3) is 0 Å². The van der Waals surface area contributed by atoms with E-state index in [4.69, 9.17) is 0 Å². The molecule has 1 fully saturated rings. The monoisotopic (exact) mass is 556 g/mol. The molecule has 7 rings (SSSR count). The summed E-state index contributed by atoms with van der Waals surface area (Å²) in [6.45, 7) is -2.45. The zero-order valence-corrected chi connectivity index (χ0v) is 20.8. The van der Waals surface area contributed by atoms with Gasteiger partial charge in [-0.25, -0.2) is 14.2 Å². The van der Waals surface area contributed by atoms with Crippen LogP contribution in [0.25, 0.3) is 38.9 Å². The molecule has 0 aliphatic carbocycles. The Morgan fingerprint density at radius 1 is 0.975 bits per heavy atom. The number of benzene rings is 1. The van der Waals surface area contributed by atoms with Crippen molar-refractivity contribution in [3.8, 4) is 22.4 Å². The van der Waals surface area contributed by atoms with E-state index >= 15 is 0 Å². The van der Waals surface area contributed by atoms with Crippen molar-refractivity contribution < 1.29 is 31.5 Å². The molecule has 0 saturated carbocycles. The van der Waals surface area contributed by atoms with E-state index in [9.17, 15) is 26.7 Å². The summed E-state index contributed by atoms with van der Waals surface area (Å²) >= 11 is 0. The van der Waals surface area contributed by atoms with Crippen LogP contribution < -0.4 is 0 Å². The van der Waals surface area contributed by atoms with Crippen LogP contribution in [0.2, 0.25) is 0 Å². The molecule has 2 aliphatic rings. The molecule has 0 unspecified atom stereocenters. The second-order valence-electron chi connectivity index (χ2n) is 9.99.